The van der Waals surface area contributed by atoms with E-state index in [0.717, 1.165) is 18.7 Å². The second-order valence-corrected chi connectivity index (χ2v) is 6.42. The highest BCUT2D eigenvalue weighted by Gasteiger charge is 2.12. The predicted molar refractivity (Wildman–Crippen MR) is 126 cm³/mol. The van der Waals surface area contributed by atoms with Crippen LogP contribution in [-0.2, 0) is 0 Å². The molecule has 3 aromatic carbocycles. The van der Waals surface area contributed by atoms with Crippen molar-refractivity contribution in [2.24, 2.45) is 0 Å². The number of nitrogens with one attached hydrogen (secondary N) is 1. The molecule has 0 amide bonds. The summed E-state index contributed by atoms with van der Waals surface area (Å²) in [5.74, 6) is 0.902. The zero-order valence-corrected chi connectivity index (χ0v) is 18.1. The number of rotatable bonds is 8. The lowest BCUT2D eigenvalue weighted by Gasteiger charge is -2.17. The van der Waals surface area contributed by atoms with E-state index in [9.17, 15) is 0 Å². The zero-order valence-electron chi connectivity index (χ0n) is 18.1. The van der Waals surface area contributed by atoms with E-state index in [1.54, 1.807) is 0 Å². The van der Waals surface area contributed by atoms with Crippen LogP contribution in [-0.4, -0.2) is 20.2 Å². The normalized spacial score (nSPS) is 11.2. The molecule has 0 aliphatic carbocycles. The molecular formula is C27H33NO. The predicted octanol–water partition coefficient (Wildman–Crippen LogP) is 6.68. The van der Waals surface area contributed by atoms with Gasteiger partial charge in [0.2, 0.25) is 0 Å². The van der Waals surface area contributed by atoms with Crippen LogP contribution in [0.15, 0.2) is 84.9 Å². The van der Waals surface area contributed by atoms with E-state index in [1.165, 1.54) is 27.8 Å². The van der Waals surface area contributed by atoms with Crippen molar-refractivity contribution in [2.45, 2.75) is 27.2 Å². The minimum absolute atomic E-state index is 0.668. The van der Waals surface area contributed by atoms with Gasteiger partial charge in [-0.3, -0.25) is 0 Å². The molecule has 1 N–H and O–H groups in total. The standard InChI is InChI=1S/C25H27NO.C2H6/c1-3-24(20-10-6-4-7-11-20)25(21-12-8-5-9-13-21)22-14-16-23(17-15-22)27-19-18-26-2;1-2/h4-17,26H,3,18-19H2,1-2H3;1-2H3/b25-24-;. The second kappa shape index (κ2) is 12.6. The Hall–Kier alpha value is -2.84. The summed E-state index contributed by atoms with van der Waals surface area (Å²) in [6.07, 6.45) is 0.967. The van der Waals surface area contributed by atoms with Crippen LogP contribution >= 0.6 is 0 Å². The van der Waals surface area contributed by atoms with Gasteiger partial charge >= 0.3 is 0 Å². The van der Waals surface area contributed by atoms with Crippen LogP contribution in [0.4, 0.5) is 0 Å². The first-order chi connectivity index (χ1) is 14.3. The number of allylic oxidation sites excluding steroid dienone is 1. The first-order valence-electron chi connectivity index (χ1n) is 10.5. The minimum atomic E-state index is 0.668. The quantitative estimate of drug-likeness (QED) is 0.344. The van der Waals surface area contributed by atoms with Gasteiger partial charge in [-0.25, -0.2) is 0 Å². The van der Waals surface area contributed by atoms with Gasteiger partial charge in [0, 0.05) is 6.54 Å². The maximum atomic E-state index is 5.78. The van der Waals surface area contributed by atoms with Gasteiger partial charge in [-0.1, -0.05) is 93.6 Å². The molecule has 3 rings (SSSR count). The van der Waals surface area contributed by atoms with Gasteiger partial charge < -0.3 is 10.1 Å². The Labute approximate surface area is 176 Å². The van der Waals surface area contributed by atoms with Crippen LogP contribution in [0.3, 0.4) is 0 Å². The van der Waals surface area contributed by atoms with E-state index in [2.05, 4.69) is 97.2 Å². The zero-order chi connectivity index (χ0) is 20.9. The third kappa shape index (κ3) is 6.33. The average molecular weight is 388 g/mol. The molecule has 152 valence electrons. The Morgan fingerprint density at radius 2 is 1.24 bits per heavy atom. The fraction of sp³-hybridized carbons (Fsp3) is 0.259. The van der Waals surface area contributed by atoms with E-state index in [4.69, 9.17) is 4.74 Å². The summed E-state index contributed by atoms with van der Waals surface area (Å²) >= 11 is 0. The topological polar surface area (TPSA) is 21.3 Å². The number of likely N-dealkylation sites (N-methyl/N-ethyl adjacent to an activating group) is 1. The van der Waals surface area contributed by atoms with Crippen molar-refractivity contribution in [2.75, 3.05) is 20.2 Å². The fourth-order valence-electron chi connectivity index (χ4n) is 3.27. The highest BCUT2D eigenvalue weighted by molar-refractivity contribution is 5.98. The second-order valence-electron chi connectivity index (χ2n) is 6.42. The summed E-state index contributed by atoms with van der Waals surface area (Å²) in [5.41, 5.74) is 6.36. The van der Waals surface area contributed by atoms with E-state index in [0.29, 0.717) is 6.61 Å². The van der Waals surface area contributed by atoms with Crippen LogP contribution in [0.25, 0.3) is 11.1 Å². The molecule has 3 aromatic rings. The summed E-state index contributed by atoms with van der Waals surface area (Å²) in [4.78, 5) is 0. The van der Waals surface area contributed by atoms with Crippen LogP contribution in [0.2, 0.25) is 0 Å². The lowest BCUT2D eigenvalue weighted by atomic mass is 9.88. The summed E-state index contributed by atoms with van der Waals surface area (Å²) in [5, 5.41) is 3.10. The Morgan fingerprint density at radius 1 is 0.724 bits per heavy atom. The van der Waals surface area contributed by atoms with Crippen molar-refractivity contribution in [3.8, 4) is 5.75 Å². The first-order valence-corrected chi connectivity index (χ1v) is 10.5. The van der Waals surface area contributed by atoms with E-state index < -0.39 is 0 Å². The summed E-state index contributed by atoms with van der Waals surface area (Å²) < 4.78 is 5.78. The fourth-order valence-corrected chi connectivity index (χ4v) is 3.27. The monoisotopic (exact) mass is 387 g/mol. The molecule has 0 aromatic heterocycles. The smallest absolute Gasteiger partial charge is 0.119 e. The average Bonchev–Trinajstić information content (AvgIpc) is 2.81. The van der Waals surface area contributed by atoms with E-state index >= 15 is 0 Å². The molecule has 0 unspecified atom stereocenters. The molecule has 0 heterocycles. The minimum Gasteiger partial charge on any atom is -0.492 e. The molecule has 0 saturated carbocycles. The van der Waals surface area contributed by atoms with Gasteiger partial charge in [0.05, 0.1) is 0 Å². The Morgan fingerprint density at radius 3 is 1.76 bits per heavy atom. The van der Waals surface area contributed by atoms with Crippen LogP contribution < -0.4 is 10.1 Å². The number of ether oxygens (including phenoxy) is 1. The molecule has 29 heavy (non-hydrogen) atoms. The van der Waals surface area contributed by atoms with Gasteiger partial charge in [-0.2, -0.15) is 0 Å². The first kappa shape index (κ1) is 22.4. The molecule has 0 aliphatic rings. The van der Waals surface area contributed by atoms with E-state index in [1.807, 2.05) is 20.9 Å². The summed E-state index contributed by atoms with van der Waals surface area (Å²) in [6.45, 7) is 7.73. The lowest BCUT2D eigenvalue weighted by molar-refractivity contribution is 0.318. The number of benzene rings is 3. The van der Waals surface area contributed by atoms with Crippen molar-refractivity contribution in [1.82, 2.24) is 5.32 Å². The highest BCUT2D eigenvalue weighted by atomic mass is 16.5. The van der Waals surface area contributed by atoms with Gasteiger partial charge in [0.1, 0.15) is 12.4 Å². The third-order valence-electron chi connectivity index (χ3n) is 4.60. The van der Waals surface area contributed by atoms with Crippen LogP contribution in [0.5, 0.6) is 5.75 Å². The van der Waals surface area contributed by atoms with Gasteiger partial charge in [0.25, 0.3) is 0 Å². The maximum Gasteiger partial charge on any atom is 0.119 e. The molecule has 0 bridgehead atoms. The number of hydrogen-bond donors (Lipinski definition) is 1. The van der Waals surface area contributed by atoms with Crippen molar-refractivity contribution >= 4 is 11.1 Å². The molecule has 0 spiro atoms. The summed E-state index contributed by atoms with van der Waals surface area (Å²) in [7, 11) is 1.93. The molecule has 2 heteroatoms. The van der Waals surface area contributed by atoms with Crippen LogP contribution in [0, 0.1) is 0 Å². The van der Waals surface area contributed by atoms with Crippen molar-refractivity contribution in [3.63, 3.8) is 0 Å². The largest absolute Gasteiger partial charge is 0.492 e. The SMILES string of the molecule is CC.CC/C(=C(\c1ccccc1)c1ccc(OCCNC)cc1)c1ccccc1. The lowest BCUT2D eigenvalue weighted by Crippen LogP contribution is -2.15. The molecule has 0 fully saturated rings. The molecule has 0 saturated heterocycles. The molecule has 2 nitrogen and oxygen atoms in total. The molecule has 0 atom stereocenters. The molecule has 0 radical (unpaired) electrons. The van der Waals surface area contributed by atoms with Gasteiger partial charge in [0.15, 0.2) is 0 Å². The van der Waals surface area contributed by atoms with Gasteiger partial charge in [-0.05, 0) is 53.4 Å². The van der Waals surface area contributed by atoms with Crippen molar-refractivity contribution < 1.29 is 4.74 Å². The molecular weight excluding hydrogens is 354 g/mol. The number of hydrogen-bond acceptors (Lipinski definition) is 2. The Balaban J connectivity index is 0.00000145. The summed E-state index contributed by atoms with van der Waals surface area (Å²) in [6, 6.07) is 29.7. The Kier molecular flexibility index (Phi) is 9.74. The van der Waals surface area contributed by atoms with Crippen LogP contribution in [0.1, 0.15) is 43.9 Å². The third-order valence-corrected chi connectivity index (χ3v) is 4.60. The van der Waals surface area contributed by atoms with Gasteiger partial charge in [-0.15, -0.1) is 0 Å². The molecule has 0 aliphatic heterocycles. The van der Waals surface area contributed by atoms with E-state index in [-0.39, 0.29) is 0 Å². The maximum absolute atomic E-state index is 5.78. The highest BCUT2D eigenvalue weighted by Crippen LogP contribution is 2.34. The van der Waals surface area contributed by atoms with Crippen molar-refractivity contribution in [1.29, 1.82) is 0 Å². The Bertz CT molecular complexity index is 852. The van der Waals surface area contributed by atoms with Crippen molar-refractivity contribution in [3.05, 3.63) is 102 Å².